The lowest BCUT2D eigenvalue weighted by molar-refractivity contribution is 0.0963. The second-order valence-electron chi connectivity index (χ2n) is 8.02. The van der Waals surface area contributed by atoms with Crippen LogP contribution in [-0.4, -0.2) is 56.3 Å². The first-order chi connectivity index (χ1) is 14.1. The molecular weight excluding hydrogens is 371 g/mol. The fraction of sp³-hybridized carbons (Fsp3) is 0.636. The lowest BCUT2D eigenvalue weighted by Crippen LogP contribution is -2.51. The van der Waals surface area contributed by atoms with E-state index in [1.807, 2.05) is 19.1 Å². The van der Waals surface area contributed by atoms with E-state index in [0.717, 1.165) is 38.2 Å². The van der Waals surface area contributed by atoms with Gasteiger partial charge in [0.25, 0.3) is 0 Å². The average molecular weight is 405 g/mol. The van der Waals surface area contributed by atoms with E-state index in [4.69, 9.17) is 4.74 Å². The van der Waals surface area contributed by atoms with Gasteiger partial charge in [-0.2, -0.15) is 0 Å². The number of rotatable bonds is 5. The molecular formula is C22H33FN4O2. The van der Waals surface area contributed by atoms with Crippen molar-refractivity contribution in [1.29, 1.82) is 0 Å². The van der Waals surface area contributed by atoms with Crippen molar-refractivity contribution in [3.05, 3.63) is 35.6 Å². The number of nitrogens with one attached hydrogen (secondary N) is 2. The van der Waals surface area contributed by atoms with Gasteiger partial charge < -0.3 is 20.3 Å². The SMILES string of the molecule is CCOC(=O)N1CCC(NC(=NC)NCC2(c3ccc(F)cc3)CCCC2)CC1. The highest BCUT2D eigenvalue weighted by atomic mass is 19.1. The molecule has 29 heavy (non-hydrogen) atoms. The standard InChI is InChI=1S/C22H33FN4O2/c1-3-29-21(28)27-14-10-19(11-15-27)26-20(24-2)25-16-22(12-4-5-13-22)17-6-8-18(23)9-7-17/h6-9,19H,3-5,10-16H2,1-2H3,(H2,24,25,26). The summed E-state index contributed by atoms with van der Waals surface area (Å²) in [5.41, 5.74) is 1.22. The van der Waals surface area contributed by atoms with E-state index in [1.54, 1.807) is 24.1 Å². The number of ether oxygens (including phenoxy) is 1. The minimum Gasteiger partial charge on any atom is -0.450 e. The van der Waals surface area contributed by atoms with Crippen LogP contribution in [0.3, 0.4) is 0 Å². The number of halogens is 1. The molecule has 2 aliphatic rings. The van der Waals surface area contributed by atoms with Crippen LogP contribution >= 0.6 is 0 Å². The minimum absolute atomic E-state index is 0.0264. The van der Waals surface area contributed by atoms with Crippen LogP contribution in [0.25, 0.3) is 0 Å². The van der Waals surface area contributed by atoms with Gasteiger partial charge in [-0.25, -0.2) is 9.18 Å². The number of hydrogen-bond acceptors (Lipinski definition) is 3. The van der Waals surface area contributed by atoms with Crippen molar-refractivity contribution in [2.24, 2.45) is 4.99 Å². The van der Waals surface area contributed by atoms with Gasteiger partial charge in [-0.1, -0.05) is 25.0 Å². The fourth-order valence-corrected chi connectivity index (χ4v) is 4.48. The van der Waals surface area contributed by atoms with E-state index < -0.39 is 0 Å². The molecule has 160 valence electrons. The molecule has 0 radical (unpaired) electrons. The number of likely N-dealkylation sites (tertiary alicyclic amines) is 1. The molecule has 7 heteroatoms. The molecule has 1 saturated heterocycles. The van der Waals surface area contributed by atoms with E-state index >= 15 is 0 Å². The van der Waals surface area contributed by atoms with Gasteiger partial charge in [0.05, 0.1) is 6.61 Å². The van der Waals surface area contributed by atoms with Gasteiger partial charge in [-0.3, -0.25) is 4.99 Å². The molecule has 6 nitrogen and oxygen atoms in total. The highest BCUT2D eigenvalue weighted by molar-refractivity contribution is 5.80. The molecule has 1 aliphatic heterocycles. The predicted octanol–water partition coefficient (Wildman–Crippen LogP) is 3.42. The number of amides is 1. The average Bonchev–Trinajstić information content (AvgIpc) is 3.22. The molecule has 1 saturated carbocycles. The van der Waals surface area contributed by atoms with Crippen LogP contribution in [-0.2, 0) is 10.2 Å². The van der Waals surface area contributed by atoms with Crippen molar-refractivity contribution in [3.8, 4) is 0 Å². The van der Waals surface area contributed by atoms with Crippen molar-refractivity contribution >= 4 is 12.1 Å². The minimum atomic E-state index is -0.226. The summed E-state index contributed by atoms with van der Waals surface area (Å²) >= 11 is 0. The number of aliphatic imine (C=N–C) groups is 1. The zero-order valence-corrected chi connectivity index (χ0v) is 17.5. The molecule has 0 aromatic heterocycles. The molecule has 1 aromatic rings. The number of piperidine rings is 1. The zero-order chi connectivity index (χ0) is 20.7. The monoisotopic (exact) mass is 404 g/mol. The Hall–Kier alpha value is -2.31. The van der Waals surface area contributed by atoms with Crippen molar-refractivity contribution < 1.29 is 13.9 Å². The van der Waals surface area contributed by atoms with Crippen LogP contribution in [0.5, 0.6) is 0 Å². The topological polar surface area (TPSA) is 66.0 Å². The molecule has 1 aromatic carbocycles. The summed E-state index contributed by atoms with van der Waals surface area (Å²) in [6.07, 6.45) is 6.08. The number of carbonyl (C=O) groups is 1. The number of guanidine groups is 1. The highest BCUT2D eigenvalue weighted by Crippen LogP contribution is 2.40. The third kappa shape index (κ3) is 5.40. The first-order valence-electron chi connectivity index (χ1n) is 10.7. The summed E-state index contributed by atoms with van der Waals surface area (Å²) in [5, 5.41) is 7.01. The van der Waals surface area contributed by atoms with Crippen LogP contribution in [0.15, 0.2) is 29.3 Å². The highest BCUT2D eigenvalue weighted by Gasteiger charge is 2.36. The van der Waals surface area contributed by atoms with Crippen LogP contribution in [0.2, 0.25) is 0 Å². The Bertz CT molecular complexity index is 693. The van der Waals surface area contributed by atoms with Crippen molar-refractivity contribution in [2.45, 2.75) is 56.9 Å². The molecule has 0 unspecified atom stereocenters. The molecule has 1 heterocycles. The van der Waals surface area contributed by atoms with Crippen LogP contribution in [0, 0.1) is 5.82 Å². The second kappa shape index (κ2) is 9.94. The van der Waals surface area contributed by atoms with Crippen molar-refractivity contribution in [3.63, 3.8) is 0 Å². The maximum absolute atomic E-state index is 13.4. The summed E-state index contributed by atoms with van der Waals surface area (Å²) in [5.74, 6) is 0.592. The van der Waals surface area contributed by atoms with E-state index in [2.05, 4.69) is 15.6 Å². The van der Waals surface area contributed by atoms with E-state index in [1.165, 1.54) is 18.4 Å². The molecule has 0 bridgehead atoms. The molecule has 1 amide bonds. The summed E-state index contributed by atoms with van der Waals surface area (Å²) in [7, 11) is 1.78. The van der Waals surface area contributed by atoms with Gasteiger partial charge in [0, 0.05) is 38.1 Å². The summed E-state index contributed by atoms with van der Waals surface area (Å²) < 4.78 is 18.5. The second-order valence-corrected chi connectivity index (χ2v) is 8.02. The number of nitrogens with zero attached hydrogens (tertiary/aromatic N) is 2. The fourth-order valence-electron chi connectivity index (χ4n) is 4.48. The summed E-state index contributed by atoms with van der Waals surface area (Å²) in [6.45, 7) is 4.38. The molecule has 3 rings (SSSR count). The summed E-state index contributed by atoms with van der Waals surface area (Å²) in [6, 6.07) is 7.23. The Morgan fingerprint density at radius 3 is 2.48 bits per heavy atom. The number of carbonyl (C=O) groups excluding carboxylic acids is 1. The molecule has 2 N–H and O–H groups in total. The maximum Gasteiger partial charge on any atom is 0.409 e. The molecule has 1 aliphatic carbocycles. The first-order valence-corrected chi connectivity index (χ1v) is 10.7. The predicted molar refractivity (Wildman–Crippen MR) is 113 cm³/mol. The number of hydrogen-bond donors (Lipinski definition) is 2. The normalized spacial score (nSPS) is 19.8. The van der Waals surface area contributed by atoms with Crippen molar-refractivity contribution in [1.82, 2.24) is 15.5 Å². The van der Waals surface area contributed by atoms with Crippen molar-refractivity contribution in [2.75, 3.05) is 33.3 Å². The van der Waals surface area contributed by atoms with Gasteiger partial charge in [0.2, 0.25) is 0 Å². The Morgan fingerprint density at radius 1 is 1.24 bits per heavy atom. The maximum atomic E-state index is 13.4. The Labute approximate surface area is 172 Å². The molecule has 2 fully saturated rings. The third-order valence-electron chi connectivity index (χ3n) is 6.20. The van der Waals surface area contributed by atoms with Crippen LogP contribution < -0.4 is 10.6 Å². The van der Waals surface area contributed by atoms with Gasteiger partial charge in [-0.05, 0) is 50.3 Å². The van der Waals surface area contributed by atoms with Gasteiger partial charge in [-0.15, -0.1) is 0 Å². The van der Waals surface area contributed by atoms with E-state index in [9.17, 15) is 9.18 Å². The summed E-state index contributed by atoms with van der Waals surface area (Å²) in [4.78, 5) is 18.0. The Kier molecular flexibility index (Phi) is 7.34. The van der Waals surface area contributed by atoms with Gasteiger partial charge in [0.15, 0.2) is 5.96 Å². The lowest BCUT2D eigenvalue weighted by atomic mass is 9.79. The lowest BCUT2D eigenvalue weighted by Gasteiger charge is -2.34. The number of benzene rings is 1. The first kappa shape index (κ1) is 21.4. The van der Waals surface area contributed by atoms with Gasteiger partial charge in [0.1, 0.15) is 5.82 Å². The Balaban J connectivity index is 1.53. The quantitative estimate of drug-likeness (QED) is 0.583. The smallest absolute Gasteiger partial charge is 0.409 e. The molecule has 0 spiro atoms. The van der Waals surface area contributed by atoms with Gasteiger partial charge >= 0.3 is 6.09 Å². The zero-order valence-electron chi connectivity index (χ0n) is 17.5. The largest absolute Gasteiger partial charge is 0.450 e. The van der Waals surface area contributed by atoms with E-state index in [0.29, 0.717) is 19.7 Å². The Morgan fingerprint density at radius 2 is 1.90 bits per heavy atom. The third-order valence-corrected chi connectivity index (χ3v) is 6.20. The molecule has 0 atom stereocenters. The van der Waals surface area contributed by atoms with Crippen LogP contribution in [0.4, 0.5) is 9.18 Å². The van der Waals surface area contributed by atoms with E-state index in [-0.39, 0.29) is 23.4 Å². The van der Waals surface area contributed by atoms with Crippen LogP contribution in [0.1, 0.15) is 51.0 Å².